The predicted octanol–water partition coefficient (Wildman–Crippen LogP) is 4.95. The summed E-state index contributed by atoms with van der Waals surface area (Å²) in [6, 6.07) is 10.9. The topological polar surface area (TPSA) is 99.7 Å². The molecule has 4 heterocycles. The van der Waals surface area contributed by atoms with Crippen LogP contribution < -0.4 is 4.90 Å². The zero-order valence-corrected chi connectivity index (χ0v) is 23.0. The van der Waals surface area contributed by atoms with Crippen LogP contribution in [0.5, 0.6) is 0 Å². The molecule has 1 amide bonds. The molecule has 4 aromatic rings. The van der Waals surface area contributed by atoms with Gasteiger partial charge in [0.15, 0.2) is 11.5 Å². The number of ether oxygens (including phenoxy) is 2. The average Bonchev–Trinajstić information content (AvgIpc) is 3.59. The van der Waals surface area contributed by atoms with Gasteiger partial charge in [-0.2, -0.15) is 10.2 Å². The molecule has 0 spiro atoms. The van der Waals surface area contributed by atoms with Crippen molar-refractivity contribution in [2.45, 2.75) is 52.3 Å². The second kappa shape index (κ2) is 10.1. The molecule has 1 fully saturated rings. The summed E-state index contributed by atoms with van der Waals surface area (Å²) in [6.07, 6.45) is 4.80. The molecule has 1 unspecified atom stereocenters. The van der Waals surface area contributed by atoms with E-state index in [0.29, 0.717) is 24.8 Å². The summed E-state index contributed by atoms with van der Waals surface area (Å²) >= 11 is 0. The molecule has 0 radical (unpaired) electrons. The maximum atomic E-state index is 12.4. The summed E-state index contributed by atoms with van der Waals surface area (Å²) in [5.41, 5.74) is 3.45. The minimum absolute atomic E-state index is 0.0509. The fraction of sp³-hybridized carbons (Fsp3) is 0.423. The van der Waals surface area contributed by atoms with E-state index < -0.39 is 8.07 Å². The Morgan fingerprint density at radius 1 is 1.11 bits per heavy atom. The Morgan fingerprint density at radius 2 is 1.86 bits per heavy atom. The van der Waals surface area contributed by atoms with Crippen LogP contribution in [0, 0.1) is 5.92 Å². The first-order valence-electron chi connectivity index (χ1n) is 12.6. The first-order chi connectivity index (χ1) is 17.7. The number of rotatable bonds is 9. The number of fused-ring (bicyclic) bond motifs is 1. The molecule has 0 saturated carbocycles. The lowest BCUT2D eigenvalue weighted by molar-refractivity contribution is 0.0796. The van der Waals surface area contributed by atoms with Crippen LogP contribution >= 0.6 is 0 Å². The monoisotopic (exact) mass is 519 g/mol. The molecule has 194 valence electrons. The van der Waals surface area contributed by atoms with Gasteiger partial charge in [-0.3, -0.25) is 4.90 Å². The summed E-state index contributed by atoms with van der Waals surface area (Å²) in [6.45, 7) is 12.6. The van der Waals surface area contributed by atoms with Gasteiger partial charge in [0.1, 0.15) is 25.5 Å². The number of carbonyl (C=O) groups excluding carboxylic acids is 1. The van der Waals surface area contributed by atoms with E-state index in [1.807, 2.05) is 30.5 Å². The molecule has 3 aromatic heterocycles. The van der Waals surface area contributed by atoms with Crippen LogP contribution in [0.4, 0.5) is 10.6 Å². The zero-order valence-electron chi connectivity index (χ0n) is 22.0. The maximum Gasteiger partial charge on any atom is 0.415 e. The quantitative estimate of drug-likeness (QED) is 0.228. The Balaban J connectivity index is 1.37. The first-order valence-corrected chi connectivity index (χ1v) is 16.3. The molecular formula is C26H33N7O3Si. The summed E-state index contributed by atoms with van der Waals surface area (Å²) in [7, 11) is -1.14. The van der Waals surface area contributed by atoms with E-state index in [9.17, 15) is 4.79 Å². The average molecular weight is 520 g/mol. The first kappa shape index (κ1) is 25.1. The molecule has 1 atom stereocenters. The predicted molar refractivity (Wildman–Crippen MR) is 144 cm³/mol. The third-order valence-corrected chi connectivity index (χ3v) is 8.26. The van der Waals surface area contributed by atoms with Gasteiger partial charge in [0.25, 0.3) is 0 Å². The van der Waals surface area contributed by atoms with Crippen LogP contribution in [-0.4, -0.2) is 62.8 Å². The molecule has 5 rings (SSSR count). The fourth-order valence-electron chi connectivity index (χ4n) is 4.30. The van der Waals surface area contributed by atoms with Crippen molar-refractivity contribution in [3.8, 4) is 22.5 Å². The number of anilines is 1. The van der Waals surface area contributed by atoms with Crippen molar-refractivity contribution in [2.24, 2.45) is 5.92 Å². The summed E-state index contributed by atoms with van der Waals surface area (Å²) in [5.74, 6) is 1.57. The SMILES string of the molecule is CC(C)C1COC(=O)N1c1ccn2ncc(-c3ccc(-c4ncnn4COCC[Si](C)(C)C)cc3)c2n1. The number of benzene rings is 1. The van der Waals surface area contributed by atoms with Crippen LogP contribution in [0.3, 0.4) is 0 Å². The van der Waals surface area contributed by atoms with Gasteiger partial charge >= 0.3 is 6.09 Å². The van der Waals surface area contributed by atoms with E-state index in [1.165, 1.54) is 0 Å². The van der Waals surface area contributed by atoms with E-state index in [0.717, 1.165) is 35.2 Å². The summed E-state index contributed by atoms with van der Waals surface area (Å²) in [5, 5.41) is 8.80. The number of amides is 1. The van der Waals surface area contributed by atoms with Crippen LogP contribution in [0.1, 0.15) is 13.8 Å². The highest BCUT2D eigenvalue weighted by molar-refractivity contribution is 6.76. The second-order valence-electron chi connectivity index (χ2n) is 10.9. The number of hydrogen-bond donors (Lipinski definition) is 0. The fourth-order valence-corrected chi connectivity index (χ4v) is 5.05. The molecule has 1 aliphatic heterocycles. The van der Waals surface area contributed by atoms with E-state index >= 15 is 0 Å². The van der Waals surface area contributed by atoms with Gasteiger partial charge in [0.2, 0.25) is 0 Å². The number of nitrogens with zero attached hydrogens (tertiary/aromatic N) is 7. The third kappa shape index (κ3) is 5.28. The Bertz CT molecular complexity index is 1390. The third-order valence-electron chi connectivity index (χ3n) is 6.56. The molecule has 0 aliphatic carbocycles. The molecule has 37 heavy (non-hydrogen) atoms. The molecule has 0 bridgehead atoms. The Morgan fingerprint density at radius 3 is 2.59 bits per heavy atom. The van der Waals surface area contributed by atoms with E-state index in [4.69, 9.17) is 14.5 Å². The second-order valence-corrected chi connectivity index (χ2v) is 16.5. The van der Waals surface area contributed by atoms with Gasteiger partial charge in [-0.15, -0.1) is 0 Å². The highest BCUT2D eigenvalue weighted by atomic mass is 28.3. The lowest BCUT2D eigenvalue weighted by Gasteiger charge is -2.23. The molecule has 1 aliphatic rings. The molecule has 1 aromatic carbocycles. The number of hydrogen-bond acceptors (Lipinski definition) is 7. The normalized spacial score (nSPS) is 16.2. The highest BCUT2D eigenvalue weighted by Crippen LogP contribution is 2.30. The van der Waals surface area contributed by atoms with Crippen molar-refractivity contribution in [3.05, 3.63) is 49.1 Å². The van der Waals surface area contributed by atoms with Crippen molar-refractivity contribution in [1.82, 2.24) is 29.4 Å². The van der Waals surface area contributed by atoms with Crippen molar-refractivity contribution in [2.75, 3.05) is 18.1 Å². The summed E-state index contributed by atoms with van der Waals surface area (Å²) < 4.78 is 14.7. The summed E-state index contributed by atoms with van der Waals surface area (Å²) in [4.78, 5) is 23.3. The van der Waals surface area contributed by atoms with Crippen LogP contribution in [0.15, 0.2) is 49.1 Å². The van der Waals surface area contributed by atoms with Crippen LogP contribution in [-0.2, 0) is 16.2 Å². The maximum absolute atomic E-state index is 12.4. The molecule has 0 N–H and O–H groups in total. The van der Waals surface area contributed by atoms with Gasteiger partial charge in [0, 0.05) is 32.0 Å². The molecule has 1 saturated heterocycles. The molecule has 10 nitrogen and oxygen atoms in total. The lowest BCUT2D eigenvalue weighted by Crippen LogP contribution is -2.37. The molecule has 11 heteroatoms. The number of aromatic nitrogens is 6. The van der Waals surface area contributed by atoms with Gasteiger partial charge in [-0.25, -0.2) is 24.0 Å². The van der Waals surface area contributed by atoms with Crippen LogP contribution in [0.25, 0.3) is 28.2 Å². The Kier molecular flexibility index (Phi) is 6.82. The minimum atomic E-state index is -1.14. The van der Waals surface area contributed by atoms with Crippen LogP contribution in [0.2, 0.25) is 25.7 Å². The van der Waals surface area contributed by atoms with Gasteiger partial charge in [0.05, 0.1) is 12.2 Å². The number of cyclic esters (lactones) is 1. The van der Waals surface area contributed by atoms with Gasteiger partial charge < -0.3 is 9.47 Å². The Labute approximate surface area is 217 Å². The largest absolute Gasteiger partial charge is 0.447 e. The van der Waals surface area contributed by atoms with Crippen molar-refractivity contribution in [1.29, 1.82) is 0 Å². The van der Waals surface area contributed by atoms with Gasteiger partial charge in [-0.05, 0) is 23.6 Å². The van der Waals surface area contributed by atoms with Crippen molar-refractivity contribution < 1.29 is 14.3 Å². The highest BCUT2D eigenvalue weighted by Gasteiger charge is 2.37. The molecular weight excluding hydrogens is 486 g/mol. The smallest absolute Gasteiger partial charge is 0.415 e. The standard InChI is InChI=1S/C26H33N7O3Si/c1-18(2)22-15-36-26(34)33(22)23-10-11-31-25(30-23)21(14-28-31)19-6-8-20(9-7-19)24-27-16-29-32(24)17-35-12-13-37(3,4)5/h6-11,14,16,18,22H,12-13,15,17H2,1-5H3. The van der Waals surface area contributed by atoms with E-state index in [2.05, 4.69) is 48.7 Å². The lowest BCUT2D eigenvalue weighted by atomic mass is 10.0. The Hall–Kier alpha value is -3.57. The van der Waals surface area contributed by atoms with Gasteiger partial charge in [-0.1, -0.05) is 57.8 Å². The minimum Gasteiger partial charge on any atom is -0.447 e. The van der Waals surface area contributed by atoms with E-state index in [1.54, 1.807) is 32.7 Å². The van der Waals surface area contributed by atoms with E-state index in [-0.39, 0.29) is 18.1 Å². The zero-order chi connectivity index (χ0) is 26.2. The number of carbonyl (C=O) groups is 1. The van der Waals surface area contributed by atoms with Crippen molar-refractivity contribution in [3.63, 3.8) is 0 Å². The van der Waals surface area contributed by atoms with Crippen molar-refractivity contribution >= 4 is 25.6 Å².